The molecule has 1 fully saturated rings. The first kappa shape index (κ1) is 11.4. The molecule has 0 aromatic heterocycles. The maximum Gasteiger partial charge on any atom is 0.314 e. The molecule has 0 bridgehead atoms. The Morgan fingerprint density at radius 3 is 2.50 bits per heavy atom. The van der Waals surface area contributed by atoms with E-state index < -0.39 is 8.07 Å². The number of carbonyl (C=O) groups is 2. The summed E-state index contributed by atoms with van der Waals surface area (Å²) in [5.41, 5.74) is -0.0958. The second-order valence-corrected chi connectivity index (χ2v) is 9.82. The molecule has 1 rings (SSSR count). The van der Waals surface area contributed by atoms with Gasteiger partial charge in [0, 0.05) is 0 Å². The van der Waals surface area contributed by atoms with Crippen molar-refractivity contribution < 1.29 is 14.3 Å². The Bertz CT molecular complexity index is 248. The molecule has 14 heavy (non-hydrogen) atoms. The van der Waals surface area contributed by atoms with Gasteiger partial charge >= 0.3 is 11.9 Å². The van der Waals surface area contributed by atoms with Gasteiger partial charge in [0.2, 0.25) is 0 Å². The van der Waals surface area contributed by atoms with Gasteiger partial charge in [-0.15, -0.1) is 0 Å². The van der Waals surface area contributed by atoms with Crippen molar-refractivity contribution in [2.45, 2.75) is 50.9 Å². The molecule has 3 nitrogen and oxygen atoms in total. The summed E-state index contributed by atoms with van der Waals surface area (Å²) in [6, 6.07) is 1.11. The fourth-order valence-corrected chi connectivity index (χ4v) is 4.91. The maximum absolute atomic E-state index is 11.4. The van der Waals surface area contributed by atoms with Crippen LogP contribution in [-0.4, -0.2) is 20.0 Å². The van der Waals surface area contributed by atoms with E-state index in [2.05, 4.69) is 24.8 Å². The summed E-state index contributed by atoms with van der Waals surface area (Å²) in [4.78, 5) is 22.3. The minimum Gasteiger partial charge on any atom is -0.393 e. The lowest BCUT2D eigenvalue weighted by Crippen LogP contribution is -2.34. The summed E-state index contributed by atoms with van der Waals surface area (Å²) in [5, 5.41) is 0. The van der Waals surface area contributed by atoms with E-state index >= 15 is 0 Å². The monoisotopic (exact) mass is 214 g/mol. The third kappa shape index (κ3) is 2.44. The van der Waals surface area contributed by atoms with E-state index in [9.17, 15) is 9.59 Å². The van der Waals surface area contributed by atoms with Gasteiger partial charge in [0.15, 0.2) is 0 Å². The van der Waals surface area contributed by atoms with Crippen LogP contribution in [0.1, 0.15) is 26.2 Å². The fraction of sp³-hybridized carbons (Fsp3) is 0.800. The molecule has 1 atom stereocenters. The first-order chi connectivity index (χ1) is 6.47. The number of hydrogen-bond acceptors (Lipinski definition) is 3. The van der Waals surface area contributed by atoms with Crippen molar-refractivity contribution in [2.24, 2.45) is 0 Å². The molecule has 0 amide bonds. The molecular formula is C10H18O3Si. The summed E-state index contributed by atoms with van der Waals surface area (Å²) < 4.78 is 4.60. The highest BCUT2D eigenvalue weighted by Gasteiger charge is 2.44. The van der Waals surface area contributed by atoms with Gasteiger partial charge < -0.3 is 4.74 Å². The number of unbranched alkanes of at least 4 members (excludes halogenated alkanes) is 1. The van der Waals surface area contributed by atoms with E-state index in [0.717, 1.165) is 18.9 Å². The van der Waals surface area contributed by atoms with E-state index in [1.165, 1.54) is 0 Å². The maximum atomic E-state index is 11.4. The zero-order valence-electron chi connectivity index (χ0n) is 9.13. The van der Waals surface area contributed by atoms with Crippen molar-refractivity contribution in [3.8, 4) is 0 Å². The molecule has 0 N–H and O–H groups in total. The Balaban J connectivity index is 2.62. The van der Waals surface area contributed by atoms with Crippen LogP contribution in [0.4, 0.5) is 0 Å². The molecule has 1 saturated heterocycles. The molecule has 1 aliphatic heterocycles. The van der Waals surface area contributed by atoms with Gasteiger partial charge in [0.25, 0.3) is 0 Å². The molecule has 0 radical (unpaired) electrons. The Hall–Kier alpha value is -0.643. The number of rotatable bonds is 4. The average molecular weight is 214 g/mol. The molecule has 1 unspecified atom stereocenters. The first-order valence-corrected chi connectivity index (χ1v) is 8.50. The normalized spacial score (nSPS) is 22.6. The van der Waals surface area contributed by atoms with Crippen LogP contribution in [0.25, 0.3) is 0 Å². The zero-order valence-corrected chi connectivity index (χ0v) is 10.1. The second-order valence-electron chi connectivity index (χ2n) is 4.64. The van der Waals surface area contributed by atoms with Crippen LogP contribution in [0.2, 0.25) is 24.7 Å². The SMILES string of the molecule is CCCC[Si](C)(C)C1CC(=O)OC1=O. The molecule has 4 heteroatoms. The van der Waals surface area contributed by atoms with Crippen LogP contribution in [0.5, 0.6) is 0 Å². The molecule has 0 spiro atoms. The number of cyclic esters (lactones) is 2. The van der Waals surface area contributed by atoms with Crippen LogP contribution in [0.3, 0.4) is 0 Å². The molecule has 0 aromatic carbocycles. The lowest BCUT2D eigenvalue weighted by Gasteiger charge is -2.25. The minimum absolute atomic E-state index is 0.0958. The topological polar surface area (TPSA) is 43.4 Å². The average Bonchev–Trinajstić information content (AvgIpc) is 2.42. The minimum atomic E-state index is -1.59. The summed E-state index contributed by atoms with van der Waals surface area (Å²) in [6.45, 7) is 6.49. The Labute approximate surface area is 85.8 Å². The van der Waals surface area contributed by atoms with Crippen molar-refractivity contribution >= 4 is 20.0 Å². The van der Waals surface area contributed by atoms with Crippen LogP contribution in [0.15, 0.2) is 0 Å². The van der Waals surface area contributed by atoms with Gasteiger partial charge in [-0.05, 0) is 0 Å². The lowest BCUT2D eigenvalue weighted by molar-refractivity contribution is -0.151. The van der Waals surface area contributed by atoms with Crippen LogP contribution in [0, 0.1) is 0 Å². The van der Waals surface area contributed by atoms with Crippen LogP contribution >= 0.6 is 0 Å². The zero-order chi connectivity index (χ0) is 10.8. The van der Waals surface area contributed by atoms with Gasteiger partial charge in [-0.25, -0.2) is 0 Å². The van der Waals surface area contributed by atoms with Gasteiger partial charge in [-0.2, -0.15) is 0 Å². The fourth-order valence-electron chi connectivity index (χ4n) is 1.88. The summed E-state index contributed by atoms with van der Waals surface area (Å²) >= 11 is 0. The highest BCUT2D eigenvalue weighted by atomic mass is 28.3. The predicted octanol–water partition coefficient (Wildman–Crippen LogP) is 2.34. The Morgan fingerprint density at radius 2 is 2.07 bits per heavy atom. The highest BCUT2D eigenvalue weighted by molar-refractivity contribution is 6.82. The molecule has 0 aromatic rings. The number of carbonyl (C=O) groups excluding carboxylic acids is 2. The van der Waals surface area contributed by atoms with E-state index in [1.54, 1.807) is 0 Å². The van der Waals surface area contributed by atoms with Crippen LogP contribution < -0.4 is 0 Å². The third-order valence-corrected chi connectivity index (χ3v) is 6.96. The number of ether oxygens (including phenoxy) is 1. The lowest BCUT2D eigenvalue weighted by atomic mass is 10.3. The molecule has 1 aliphatic rings. The number of esters is 2. The molecule has 0 saturated carbocycles. The van der Waals surface area contributed by atoms with Gasteiger partial charge in [0.05, 0.1) is 20.0 Å². The van der Waals surface area contributed by atoms with Crippen molar-refractivity contribution in [1.82, 2.24) is 0 Å². The van der Waals surface area contributed by atoms with Crippen molar-refractivity contribution in [1.29, 1.82) is 0 Å². The van der Waals surface area contributed by atoms with E-state index in [0.29, 0.717) is 6.42 Å². The number of hydrogen-bond donors (Lipinski definition) is 0. The highest BCUT2D eigenvalue weighted by Crippen LogP contribution is 2.35. The second kappa shape index (κ2) is 4.25. The molecule has 1 heterocycles. The summed E-state index contributed by atoms with van der Waals surface area (Å²) in [6.07, 6.45) is 2.62. The van der Waals surface area contributed by atoms with Crippen LogP contribution in [-0.2, 0) is 14.3 Å². The quantitative estimate of drug-likeness (QED) is 0.410. The third-order valence-electron chi connectivity index (χ3n) is 2.99. The van der Waals surface area contributed by atoms with Gasteiger partial charge in [-0.1, -0.05) is 38.9 Å². The largest absolute Gasteiger partial charge is 0.393 e. The predicted molar refractivity (Wildman–Crippen MR) is 56.7 cm³/mol. The summed E-state index contributed by atoms with van der Waals surface area (Å²) in [5.74, 6) is -0.611. The first-order valence-electron chi connectivity index (χ1n) is 5.22. The Kier molecular flexibility index (Phi) is 3.47. The van der Waals surface area contributed by atoms with Crippen molar-refractivity contribution in [3.05, 3.63) is 0 Å². The van der Waals surface area contributed by atoms with Gasteiger partial charge in [-0.3, -0.25) is 9.59 Å². The molecular weight excluding hydrogens is 196 g/mol. The van der Waals surface area contributed by atoms with Gasteiger partial charge in [0.1, 0.15) is 0 Å². The standard InChI is InChI=1S/C10H18O3Si/c1-4-5-6-14(2,3)8-7-9(11)13-10(8)12/h8H,4-7H2,1-3H3. The smallest absolute Gasteiger partial charge is 0.314 e. The summed E-state index contributed by atoms with van der Waals surface area (Å²) in [7, 11) is -1.59. The van der Waals surface area contributed by atoms with Crippen molar-refractivity contribution in [3.63, 3.8) is 0 Å². The van der Waals surface area contributed by atoms with Crippen molar-refractivity contribution in [2.75, 3.05) is 0 Å². The Morgan fingerprint density at radius 1 is 1.43 bits per heavy atom. The molecule has 0 aliphatic carbocycles. The van der Waals surface area contributed by atoms with E-state index in [1.807, 2.05) is 0 Å². The van der Waals surface area contributed by atoms with E-state index in [-0.39, 0.29) is 17.5 Å². The van der Waals surface area contributed by atoms with E-state index in [4.69, 9.17) is 0 Å². The molecule has 80 valence electrons.